The topological polar surface area (TPSA) is 60.4 Å². The number of Topliss-reactive ketones (excluding diaryl/α,β-unsaturated/α-hetero) is 2. The normalized spacial score (nSPS) is 43.9. The van der Waals surface area contributed by atoms with Crippen LogP contribution >= 0.6 is 0 Å². The molecule has 0 aromatic heterocycles. The van der Waals surface area contributed by atoms with Crippen LogP contribution in [0.5, 0.6) is 0 Å². The monoisotopic (exact) mass is 372 g/mol. The lowest BCUT2D eigenvalue weighted by molar-refractivity contribution is -0.154. The number of hydrogen-bond acceptors (Lipinski definition) is 4. The molecule has 0 aliphatic heterocycles. The first-order valence-electron chi connectivity index (χ1n) is 10.6. The van der Waals surface area contributed by atoms with Crippen molar-refractivity contribution in [3.8, 4) is 0 Å². The van der Waals surface area contributed by atoms with Crippen LogP contribution in [0, 0.1) is 34.5 Å². The zero-order chi connectivity index (χ0) is 19.6. The minimum absolute atomic E-state index is 0.159. The highest BCUT2D eigenvalue weighted by Crippen LogP contribution is 2.66. The Labute approximate surface area is 162 Å². The van der Waals surface area contributed by atoms with E-state index < -0.39 is 0 Å². The number of carbonyl (C=O) groups excluding carboxylic acids is 3. The number of carbonyl (C=O) groups is 3. The second-order valence-electron chi connectivity index (χ2n) is 9.79. The lowest BCUT2D eigenvalue weighted by Crippen LogP contribution is -2.56. The Morgan fingerprint density at radius 2 is 1.89 bits per heavy atom. The molecular weight excluding hydrogens is 340 g/mol. The van der Waals surface area contributed by atoms with Crippen LogP contribution in [0.15, 0.2) is 11.1 Å². The molecular formula is C23H32O4. The summed E-state index contributed by atoms with van der Waals surface area (Å²) in [4.78, 5) is 36.9. The molecule has 0 saturated heterocycles. The van der Waals surface area contributed by atoms with E-state index in [0.717, 1.165) is 44.1 Å². The molecule has 4 aliphatic carbocycles. The van der Waals surface area contributed by atoms with Crippen LogP contribution in [-0.2, 0) is 19.1 Å². The van der Waals surface area contributed by atoms with Crippen molar-refractivity contribution in [2.75, 3.05) is 6.61 Å². The number of hydrogen-bond donors (Lipinski definition) is 0. The molecule has 4 rings (SSSR count). The van der Waals surface area contributed by atoms with Crippen LogP contribution in [0.3, 0.4) is 0 Å². The standard InChI is InChI=1S/C23H32O4/c1-13-11-20(25)14(2)17-6-5-16-18-7-8-21(26)22(18,4)10-9-19(16)23(13,17)12-27-15(3)24/h13,16,18-19H,5-12H2,1-4H3/t13?,16-,18-,19+,22-,23-/m0/s1. The first kappa shape index (κ1) is 18.9. The van der Waals surface area contributed by atoms with Crippen LogP contribution in [0.25, 0.3) is 0 Å². The van der Waals surface area contributed by atoms with Crippen LogP contribution in [0.1, 0.15) is 72.6 Å². The third-order valence-electron chi connectivity index (χ3n) is 8.85. The summed E-state index contributed by atoms with van der Waals surface area (Å²) < 4.78 is 5.65. The van der Waals surface area contributed by atoms with Gasteiger partial charge in [0.25, 0.3) is 0 Å². The van der Waals surface area contributed by atoms with Crippen molar-refractivity contribution in [3.05, 3.63) is 11.1 Å². The molecule has 4 heteroatoms. The highest BCUT2D eigenvalue weighted by molar-refractivity contribution is 5.97. The summed E-state index contributed by atoms with van der Waals surface area (Å²) in [6.45, 7) is 8.19. The Morgan fingerprint density at radius 1 is 1.15 bits per heavy atom. The summed E-state index contributed by atoms with van der Waals surface area (Å²) in [6.07, 6.45) is 6.17. The first-order valence-corrected chi connectivity index (χ1v) is 10.6. The molecule has 27 heavy (non-hydrogen) atoms. The maximum absolute atomic E-state index is 12.6. The third-order valence-corrected chi connectivity index (χ3v) is 8.85. The smallest absolute Gasteiger partial charge is 0.302 e. The van der Waals surface area contributed by atoms with Gasteiger partial charge < -0.3 is 4.74 Å². The molecule has 0 aromatic rings. The fraction of sp³-hybridized carbons (Fsp3) is 0.783. The Morgan fingerprint density at radius 3 is 2.59 bits per heavy atom. The second-order valence-corrected chi connectivity index (χ2v) is 9.79. The molecule has 0 spiro atoms. The number of esters is 1. The van der Waals surface area contributed by atoms with Crippen LogP contribution < -0.4 is 0 Å². The van der Waals surface area contributed by atoms with Crippen molar-refractivity contribution < 1.29 is 19.1 Å². The van der Waals surface area contributed by atoms with Gasteiger partial charge in [-0.3, -0.25) is 14.4 Å². The van der Waals surface area contributed by atoms with Gasteiger partial charge in [-0.1, -0.05) is 19.4 Å². The van der Waals surface area contributed by atoms with Gasteiger partial charge >= 0.3 is 5.97 Å². The zero-order valence-electron chi connectivity index (χ0n) is 17.1. The highest BCUT2D eigenvalue weighted by Gasteiger charge is 2.62. The predicted molar refractivity (Wildman–Crippen MR) is 102 cm³/mol. The maximum atomic E-state index is 12.6. The van der Waals surface area contributed by atoms with Gasteiger partial charge in [0.1, 0.15) is 12.4 Å². The fourth-order valence-corrected chi connectivity index (χ4v) is 7.41. The minimum atomic E-state index is -0.246. The average molecular weight is 373 g/mol. The van der Waals surface area contributed by atoms with Crippen LogP contribution in [-0.4, -0.2) is 24.1 Å². The van der Waals surface area contributed by atoms with E-state index >= 15 is 0 Å². The minimum Gasteiger partial charge on any atom is -0.465 e. The number of ether oxygens (including phenoxy) is 1. The van der Waals surface area contributed by atoms with Gasteiger partial charge in [0.05, 0.1) is 0 Å². The van der Waals surface area contributed by atoms with Gasteiger partial charge in [0.2, 0.25) is 0 Å². The summed E-state index contributed by atoms with van der Waals surface area (Å²) in [5.74, 6) is 1.99. The van der Waals surface area contributed by atoms with Gasteiger partial charge in [-0.25, -0.2) is 0 Å². The van der Waals surface area contributed by atoms with Crippen molar-refractivity contribution >= 4 is 17.5 Å². The lowest BCUT2D eigenvalue weighted by atomic mass is 9.44. The number of ketones is 2. The van der Waals surface area contributed by atoms with Gasteiger partial charge in [0, 0.05) is 30.6 Å². The molecule has 4 aliphatic rings. The zero-order valence-corrected chi connectivity index (χ0v) is 17.1. The van der Waals surface area contributed by atoms with Gasteiger partial charge in [0.15, 0.2) is 5.78 Å². The molecule has 0 aromatic carbocycles. The molecule has 0 bridgehead atoms. The average Bonchev–Trinajstić information content (AvgIpc) is 2.93. The Hall–Kier alpha value is -1.45. The molecule has 0 amide bonds. The third kappa shape index (κ3) is 2.51. The fourth-order valence-electron chi connectivity index (χ4n) is 7.41. The molecule has 1 unspecified atom stereocenters. The van der Waals surface area contributed by atoms with Crippen molar-refractivity contribution in [2.24, 2.45) is 34.5 Å². The molecule has 0 radical (unpaired) electrons. The van der Waals surface area contributed by atoms with E-state index in [1.807, 2.05) is 6.92 Å². The molecule has 0 N–H and O–H groups in total. The maximum Gasteiger partial charge on any atom is 0.302 e. The van der Waals surface area contributed by atoms with Gasteiger partial charge in [-0.2, -0.15) is 0 Å². The van der Waals surface area contributed by atoms with E-state index in [1.165, 1.54) is 12.5 Å². The van der Waals surface area contributed by atoms with Gasteiger partial charge in [-0.15, -0.1) is 0 Å². The van der Waals surface area contributed by atoms with E-state index in [0.29, 0.717) is 36.6 Å². The number of fused-ring (bicyclic) bond motifs is 5. The van der Waals surface area contributed by atoms with E-state index in [1.54, 1.807) is 0 Å². The summed E-state index contributed by atoms with van der Waals surface area (Å²) in [5, 5.41) is 0. The van der Waals surface area contributed by atoms with Crippen molar-refractivity contribution in [2.45, 2.75) is 72.6 Å². The van der Waals surface area contributed by atoms with Gasteiger partial charge in [-0.05, 0) is 68.3 Å². The molecule has 3 saturated carbocycles. The van der Waals surface area contributed by atoms with Crippen molar-refractivity contribution in [1.29, 1.82) is 0 Å². The first-order chi connectivity index (χ1) is 12.7. The second kappa shape index (κ2) is 6.28. The molecule has 6 atom stereocenters. The summed E-state index contributed by atoms with van der Waals surface area (Å²) in [6, 6.07) is 0. The SMILES string of the molecule is CC(=O)OC[C@@]12C(=C(C)C(=O)CC1C)CC[C@@H]1[C@H]2CC[C@]2(C)C(=O)CC[C@@H]12. The predicted octanol–water partition coefficient (Wildman–Crippen LogP) is 4.27. The summed E-state index contributed by atoms with van der Waals surface area (Å²) >= 11 is 0. The molecule has 0 heterocycles. The molecule has 148 valence electrons. The van der Waals surface area contributed by atoms with E-state index in [9.17, 15) is 14.4 Å². The quantitative estimate of drug-likeness (QED) is 0.679. The summed E-state index contributed by atoms with van der Waals surface area (Å²) in [5.41, 5.74) is 1.78. The molecule has 3 fully saturated rings. The van der Waals surface area contributed by atoms with Crippen LogP contribution in [0.2, 0.25) is 0 Å². The van der Waals surface area contributed by atoms with Crippen LogP contribution in [0.4, 0.5) is 0 Å². The Kier molecular flexibility index (Phi) is 4.40. The Bertz CT molecular complexity index is 735. The largest absolute Gasteiger partial charge is 0.465 e. The van der Waals surface area contributed by atoms with E-state index in [4.69, 9.17) is 4.74 Å². The van der Waals surface area contributed by atoms with E-state index in [-0.39, 0.29) is 28.5 Å². The molecule has 4 nitrogen and oxygen atoms in total. The van der Waals surface area contributed by atoms with Crippen molar-refractivity contribution in [1.82, 2.24) is 0 Å². The number of rotatable bonds is 2. The van der Waals surface area contributed by atoms with E-state index in [2.05, 4.69) is 13.8 Å². The highest BCUT2D eigenvalue weighted by atomic mass is 16.5. The lowest BCUT2D eigenvalue weighted by Gasteiger charge is -2.60. The van der Waals surface area contributed by atoms with Crippen molar-refractivity contribution in [3.63, 3.8) is 0 Å². The summed E-state index contributed by atoms with van der Waals surface area (Å²) in [7, 11) is 0. The Balaban J connectivity index is 1.79.